The second-order valence-electron chi connectivity index (χ2n) is 4.67. The van der Waals surface area contributed by atoms with Crippen LogP contribution in [0.5, 0.6) is 0 Å². The smallest absolute Gasteiger partial charge is 0.333 e. The molecule has 0 heterocycles. The van der Waals surface area contributed by atoms with E-state index in [4.69, 9.17) is 4.74 Å². The van der Waals surface area contributed by atoms with Crippen molar-refractivity contribution in [2.24, 2.45) is 0 Å². The molecule has 3 heteroatoms. The molecule has 0 aliphatic carbocycles. The number of allylic oxidation sites excluding steroid dienone is 1. The van der Waals surface area contributed by atoms with Gasteiger partial charge >= 0.3 is 5.97 Å². The van der Waals surface area contributed by atoms with E-state index in [-0.39, 0.29) is 5.97 Å². The summed E-state index contributed by atoms with van der Waals surface area (Å²) in [5.74, 6) is -0.237. The zero-order valence-corrected chi connectivity index (χ0v) is 12.2. The minimum atomic E-state index is -0.237. The summed E-state index contributed by atoms with van der Waals surface area (Å²) in [7, 11) is 0. The summed E-state index contributed by atoms with van der Waals surface area (Å²) in [5, 5.41) is 0. The predicted octanol–water partition coefficient (Wildman–Crippen LogP) is 3.72. The third kappa shape index (κ3) is 5.39. The van der Waals surface area contributed by atoms with Crippen LogP contribution in [0, 0.1) is 0 Å². The van der Waals surface area contributed by atoms with E-state index < -0.39 is 0 Å². The number of unbranched alkanes of at least 4 members (excludes halogenated alkanes) is 2. The van der Waals surface area contributed by atoms with Crippen LogP contribution in [0.1, 0.15) is 49.0 Å². The van der Waals surface area contributed by atoms with Gasteiger partial charge in [0.1, 0.15) is 6.29 Å². The van der Waals surface area contributed by atoms with Crippen LogP contribution in [-0.2, 0) is 16.0 Å². The molecule has 108 valence electrons. The van der Waals surface area contributed by atoms with Crippen molar-refractivity contribution in [3.8, 4) is 0 Å². The molecule has 0 amide bonds. The molecular weight excluding hydrogens is 252 g/mol. The molecule has 3 nitrogen and oxygen atoms in total. The summed E-state index contributed by atoms with van der Waals surface area (Å²) in [5.41, 5.74) is 2.53. The van der Waals surface area contributed by atoms with E-state index in [9.17, 15) is 9.59 Å². The van der Waals surface area contributed by atoms with E-state index in [0.29, 0.717) is 12.2 Å². The molecule has 0 aromatic heterocycles. The highest BCUT2D eigenvalue weighted by atomic mass is 16.5. The Hall–Kier alpha value is -1.90. The first kappa shape index (κ1) is 16.2. The Bertz CT molecular complexity index is 475. The fourth-order valence-electron chi connectivity index (χ4n) is 1.98. The monoisotopic (exact) mass is 274 g/mol. The van der Waals surface area contributed by atoms with E-state index in [1.807, 2.05) is 30.3 Å². The molecule has 0 N–H and O–H groups in total. The van der Waals surface area contributed by atoms with Crippen molar-refractivity contribution >= 4 is 12.3 Å². The number of carbonyl (C=O) groups is 2. The molecule has 0 unspecified atom stereocenters. The molecule has 0 bridgehead atoms. The van der Waals surface area contributed by atoms with Crippen molar-refractivity contribution in [1.82, 2.24) is 0 Å². The third-order valence-electron chi connectivity index (χ3n) is 3.13. The summed E-state index contributed by atoms with van der Waals surface area (Å²) >= 11 is 0. The summed E-state index contributed by atoms with van der Waals surface area (Å²) in [6, 6.07) is 7.66. The SMILES string of the molecule is CCOC(=O)/C(C)=C\CCCCc1ccccc1C=O. The number of esters is 1. The first-order valence-corrected chi connectivity index (χ1v) is 7.06. The summed E-state index contributed by atoms with van der Waals surface area (Å²) in [6.07, 6.45) is 6.56. The average Bonchev–Trinajstić information content (AvgIpc) is 2.47. The molecule has 0 atom stereocenters. The van der Waals surface area contributed by atoms with Crippen molar-refractivity contribution < 1.29 is 14.3 Å². The van der Waals surface area contributed by atoms with Crippen molar-refractivity contribution in [3.05, 3.63) is 47.0 Å². The van der Waals surface area contributed by atoms with Crippen LogP contribution in [0.15, 0.2) is 35.9 Å². The van der Waals surface area contributed by atoms with Crippen molar-refractivity contribution in [1.29, 1.82) is 0 Å². The summed E-state index contributed by atoms with van der Waals surface area (Å²) < 4.78 is 4.91. The molecule has 0 saturated heterocycles. The minimum absolute atomic E-state index is 0.237. The number of benzene rings is 1. The zero-order valence-electron chi connectivity index (χ0n) is 12.2. The van der Waals surface area contributed by atoms with E-state index in [0.717, 1.165) is 43.1 Å². The Balaban J connectivity index is 2.33. The molecule has 1 aromatic rings. The molecule has 1 rings (SSSR count). The Morgan fingerprint density at radius 2 is 2.00 bits per heavy atom. The largest absolute Gasteiger partial charge is 0.463 e. The van der Waals surface area contributed by atoms with Gasteiger partial charge in [0.25, 0.3) is 0 Å². The normalized spacial score (nSPS) is 11.2. The van der Waals surface area contributed by atoms with Gasteiger partial charge < -0.3 is 4.74 Å². The Kier molecular flexibility index (Phi) is 7.33. The van der Waals surface area contributed by atoms with E-state index in [2.05, 4.69) is 0 Å². The zero-order chi connectivity index (χ0) is 14.8. The highest BCUT2D eigenvalue weighted by Gasteiger charge is 2.03. The first-order chi connectivity index (χ1) is 9.69. The van der Waals surface area contributed by atoms with Crippen LogP contribution in [0.2, 0.25) is 0 Å². The number of aldehydes is 1. The van der Waals surface area contributed by atoms with E-state index in [1.54, 1.807) is 13.8 Å². The highest BCUT2D eigenvalue weighted by molar-refractivity contribution is 5.87. The van der Waals surface area contributed by atoms with Crippen LogP contribution < -0.4 is 0 Å². The van der Waals surface area contributed by atoms with Gasteiger partial charge in [-0.3, -0.25) is 4.79 Å². The van der Waals surface area contributed by atoms with Crippen molar-refractivity contribution in [3.63, 3.8) is 0 Å². The molecule has 20 heavy (non-hydrogen) atoms. The molecule has 0 aliphatic heterocycles. The van der Waals surface area contributed by atoms with Gasteiger partial charge in [0.2, 0.25) is 0 Å². The highest BCUT2D eigenvalue weighted by Crippen LogP contribution is 2.12. The number of aryl methyl sites for hydroxylation is 1. The number of hydrogen-bond donors (Lipinski definition) is 0. The van der Waals surface area contributed by atoms with Gasteiger partial charge in [0.05, 0.1) is 6.61 Å². The van der Waals surface area contributed by atoms with Crippen molar-refractivity contribution in [2.45, 2.75) is 39.5 Å². The molecule has 0 saturated carbocycles. The fraction of sp³-hybridized carbons (Fsp3) is 0.412. The van der Waals surface area contributed by atoms with Gasteiger partial charge in [-0.1, -0.05) is 30.3 Å². The maximum Gasteiger partial charge on any atom is 0.333 e. The lowest BCUT2D eigenvalue weighted by Gasteiger charge is -2.04. The minimum Gasteiger partial charge on any atom is -0.463 e. The Morgan fingerprint density at radius 3 is 2.70 bits per heavy atom. The van der Waals surface area contributed by atoms with Gasteiger partial charge in [-0.15, -0.1) is 0 Å². The van der Waals surface area contributed by atoms with Crippen LogP contribution in [0.3, 0.4) is 0 Å². The fourth-order valence-corrected chi connectivity index (χ4v) is 1.98. The van der Waals surface area contributed by atoms with Gasteiger partial charge in [0, 0.05) is 11.1 Å². The lowest BCUT2D eigenvalue weighted by molar-refractivity contribution is -0.138. The Labute approximate surface area is 120 Å². The Morgan fingerprint density at radius 1 is 1.25 bits per heavy atom. The maximum atomic E-state index is 11.4. The van der Waals surface area contributed by atoms with Crippen LogP contribution >= 0.6 is 0 Å². The molecule has 0 radical (unpaired) electrons. The van der Waals surface area contributed by atoms with Gasteiger partial charge in [-0.25, -0.2) is 4.79 Å². The number of carbonyl (C=O) groups excluding carboxylic acids is 2. The second-order valence-corrected chi connectivity index (χ2v) is 4.67. The molecule has 0 aliphatic rings. The standard InChI is InChI=1S/C17H22O3/c1-3-20-17(19)14(2)9-5-4-6-10-15-11-7-8-12-16(15)13-18/h7-9,11-13H,3-6,10H2,1-2H3/b14-9-. The van der Waals surface area contributed by atoms with Gasteiger partial charge in [-0.05, 0) is 45.1 Å². The number of rotatable bonds is 8. The van der Waals surface area contributed by atoms with Crippen molar-refractivity contribution in [2.75, 3.05) is 6.61 Å². The molecule has 1 aromatic carbocycles. The third-order valence-corrected chi connectivity index (χ3v) is 3.13. The van der Waals surface area contributed by atoms with Crippen LogP contribution in [-0.4, -0.2) is 18.9 Å². The van der Waals surface area contributed by atoms with Gasteiger partial charge in [0.15, 0.2) is 0 Å². The lowest BCUT2D eigenvalue weighted by atomic mass is 10.0. The van der Waals surface area contributed by atoms with Gasteiger partial charge in [-0.2, -0.15) is 0 Å². The topological polar surface area (TPSA) is 43.4 Å². The number of hydrogen-bond acceptors (Lipinski definition) is 3. The second kappa shape index (κ2) is 9.08. The molecular formula is C17H22O3. The predicted molar refractivity (Wildman–Crippen MR) is 79.8 cm³/mol. The summed E-state index contributed by atoms with van der Waals surface area (Å²) in [6.45, 7) is 3.99. The summed E-state index contributed by atoms with van der Waals surface area (Å²) in [4.78, 5) is 22.3. The molecule has 0 fully saturated rings. The van der Waals surface area contributed by atoms with Crippen LogP contribution in [0.25, 0.3) is 0 Å². The van der Waals surface area contributed by atoms with Crippen LogP contribution in [0.4, 0.5) is 0 Å². The average molecular weight is 274 g/mol. The first-order valence-electron chi connectivity index (χ1n) is 7.06. The maximum absolute atomic E-state index is 11.4. The number of ether oxygens (including phenoxy) is 1. The van der Waals surface area contributed by atoms with E-state index >= 15 is 0 Å². The molecule has 0 spiro atoms. The quantitative estimate of drug-likeness (QED) is 0.314. The van der Waals surface area contributed by atoms with E-state index in [1.165, 1.54) is 0 Å². The lowest BCUT2D eigenvalue weighted by Crippen LogP contribution is -2.04.